The van der Waals surface area contributed by atoms with Crippen LogP contribution < -0.4 is 4.74 Å². The van der Waals surface area contributed by atoms with Gasteiger partial charge in [-0.25, -0.2) is 0 Å². The lowest BCUT2D eigenvalue weighted by molar-refractivity contribution is -0.139. The van der Waals surface area contributed by atoms with Gasteiger partial charge in [0, 0.05) is 44.6 Å². The lowest BCUT2D eigenvalue weighted by atomic mass is 9.92. The monoisotopic (exact) mass is 442 g/mol. The Kier molecular flexibility index (Phi) is 8.44. The zero-order valence-corrected chi connectivity index (χ0v) is 20.2. The van der Waals surface area contributed by atoms with E-state index in [1.165, 1.54) is 25.1 Å². The minimum atomic E-state index is 0.225. The van der Waals surface area contributed by atoms with Crippen molar-refractivity contribution < 1.29 is 9.53 Å². The second kappa shape index (κ2) is 11.5. The van der Waals surface area contributed by atoms with Crippen LogP contribution in [0.4, 0.5) is 0 Å². The Bertz CT molecular complexity index is 717. The Morgan fingerprint density at radius 3 is 2.41 bits per heavy atom. The second-order valence-electron chi connectivity index (χ2n) is 10.3. The molecule has 1 atom stereocenters. The summed E-state index contributed by atoms with van der Waals surface area (Å²) < 4.78 is 6.15. The maximum Gasteiger partial charge on any atom is 0.225 e. The molecule has 0 N–H and O–H groups in total. The first-order valence-corrected chi connectivity index (χ1v) is 12.7. The van der Waals surface area contributed by atoms with Gasteiger partial charge in [-0.3, -0.25) is 9.69 Å². The molecule has 6 nitrogen and oxygen atoms in total. The van der Waals surface area contributed by atoms with E-state index in [0.717, 1.165) is 77.2 Å². The van der Waals surface area contributed by atoms with Gasteiger partial charge in [0.05, 0.1) is 6.61 Å². The lowest BCUT2D eigenvalue weighted by Gasteiger charge is -2.37. The number of piperidine rings is 2. The van der Waals surface area contributed by atoms with Crippen molar-refractivity contribution in [3.05, 3.63) is 29.8 Å². The summed E-state index contributed by atoms with van der Waals surface area (Å²) in [6.45, 7) is 10.3. The number of likely N-dealkylation sites (tertiary alicyclic amines) is 2. The lowest BCUT2D eigenvalue weighted by Crippen LogP contribution is -2.46. The first-order valence-electron chi connectivity index (χ1n) is 12.7. The quantitative estimate of drug-likeness (QED) is 0.678. The van der Waals surface area contributed by atoms with Gasteiger partial charge in [-0.2, -0.15) is 0 Å². The molecule has 4 rings (SSSR count). The zero-order chi connectivity index (χ0) is 22.3. The summed E-state index contributed by atoms with van der Waals surface area (Å²) in [5.41, 5.74) is 1.36. The largest absolute Gasteiger partial charge is 0.493 e. The Labute approximate surface area is 194 Å². The molecule has 0 aliphatic carbocycles. The molecular weight excluding hydrogens is 400 g/mol. The third kappa shape index (κ3) is 6.69. The molecule has 3 aliphatic rings. The van der Waals surface area contributed by atoms with E-state index in [1.807, 2.05) is 0 Å². The highest BCUT2D eigenvalue weighted by molar-refractivity contribution is 5.79. The standard InChI is InChI=1S/C26H42N4O2/c1-27-12-4-13-29(18-17-27)19-22-6-8-25(9-7-22)32-21-23-5-3-14-30(20-23)26(31)24-10-15-28(2)16-11-24/h6-9,23-24H,3-5,10-21H2,1-2H3. The Morgan fingerprint density at radius 1 is 0.875 bits per heavy atom. The minimum Gasteiger partial charge on any atom is -0.493 e. The van der Waals surface area contributed by atoms with Gasteiger partial charge in [0.1, 0.15) is 5.75 Å². The molecule has 0 bridgehead atoms. The zero-order valence-electron chi connectivity index (χ0n) is 20.2. The second-order valence-corrected chi connectivity index (χ2v) is 10.3. The molecule has 32 heavy (non-hydrogen) atoms. The van der Waals surface area contributed by atoms with E-state index >= 15 is 0 Å². The minimum absolute atomic E-state index is 0.225. The molecule has 0 spiro atoms. The van der Waals surface area contributed by atoms with Gasteiger partial charge in [-0.15, -0.1) is 0 Å². The molecular formula is C26H42N4O2. The van der Waals surface area contributed by atoms with Crippen molar-refractivity contribution in [2.75, 3.05) is 73.1 Å². The summed E-state index contributed by atoms with van der Waals surface area (Å²) in [7, 11) is 4.36. The van der Waals surface area contributed by atoms with Crippen LogP contribution >= 0.6 is 0 Å². The Morgan fingerprint density at radius 2 is 1.62 bits per heavy atom. The highest BCUT2D eigenvalue weighted by Crippen LogP contribution is 2.24. The van der Waals surface area contributed by atoms with E-state index in [2.05, 4.69) is 58.0 Å². The average molecular weight is 443 g/mol. The van der Waals surface area contributed by atoms with E-state index in [-0.39, 0.29) is 5.92 Å². The van der Waals surface area contributed by atoms with Gasteiger partial charge in [-0.1, -0.05) is 12.1 Å². The smallest absolute Gasteiger partial charge is 0.225 e. The van der Waals surface area contributed by atoms with E-state index < -0.39 is 0 Å². The molecule has 3 fully saturated rings. The highest BCUT2D eigenvalue weighted by atomic mass is 16.5. The van der Waals surface area contributed by atoms with Gasteiger partial charge in [0.2, 0.25) is 5.91 Å². The number of hydrogen-bond donors (Lipinski definition) is 0. The first kappa shape index (κ1) is 23.5. The van der Waals surface area contributed by atoms with Gasteiger partial charge < -0.3 is 19.4 Å². The molecule has 3 saturated heterocycles. The third-order valence-corrected chi connectivity index (χ3v) is 7.53. The van der Waals surface area contributed by atoms with E-state index in [4.69, 9.17) is 4.74 Å². The summed E-state index contributed by atoms with van der Waals surface area (Å²) in [5, 5.41) is 0. The summed E-state index contributed by atoms with van der Waals surface area (Å²) in [6.07, 6.45) is 5.51. The molecule has 1 aromatic carbocycles. The SMILES string of the molecule is CN1CCC(C(=O)N2CCCC(COc3ccc(CN4CCCN(C)CC4)cc3)C2)CC1. The van der Waals surface area contributed by atoms with Crippen LogP contribution in [-0.4, -0.2) is 98.6 Å². The fraction of sp³-hybridized carbons (Fsp3) is 0.731. The van der Waals surface area contributed by atoms with Crippen molar-refractivity contribution in [3.63, 3.8) is 0 Å². The van der Waals surface area contributed by atoms with Gasteiger partial charge in [0.15, 0.2) is 0 Å². The van der Waals surface area contributed by atoms with Crippen molar-refractivity contribution in [2.45, 2.75) is 38.6 Å². The van der Waals surface area contributed by atoms with Crippen molar-refractivity contribution in [1.29, 1.82) is 0 Å². The molecule has 1 unspecified atom stereocenters. The molecule has 3 aliphatic heterocycles. The molecule has 1 amide bonds. The van der Waals surface area contributed by atoms with Crippen LogP contribution in [0.25, 0.3) is 0 Å². The van der Waals surface area contributed by atoms with Crippen molar-refractivity contribution in [1.82, 2.24) is 19.6 Å². The molecule has 3 heterocycles. The predicted octanol–water partition coefficient (Wildman–Crippen LogP) is 2.78. The Hall–Kier alpha value is -1.63. The van der Waals surface area contributed by atoms with Crippen LogP contribution in [0.1, 0.15) is 37.7 Å². The van der Waals surface area contributed by atoms with Crippen LogP contribution in [0.15, 0.2) is 24.3 Å². The van der Waals surface area contributed by atoms with Crippen LogP contribution in [0.3, 0.4) is 0 Å². The normalized spacial score (nSPS) is 24.9. The van der Waals surface area contributed by atoms with Gasteiger partial charge in [-0.05, 0) is 90.1 Å². The van der Waals surface area contributed by atoms with Crippen molar-refractivity contribution in [2.24, 2.45) is 11.8 Å². The fourth-order valence-corrected chi connectivity index (χ4v) is 5.34. The number of rotatable bonds is 6. The van der Waals surface area contributed by atoms with Crippen LogP contribution in [0.2, 0.25) is 0 Å². The maximum atomic E-state index is 13.0. The van der Waals surface area contributed by atoms with E-state index in [0.29, 0.717) is 18.4 Å². The van der Waals surface area contributed by atoms with Crippen LogP contribution in [0, 0.1) is 11.8 Å². The molecule has 0 radical (unpaired) electrons. The van der Waals surface area contributed by atoms with Crippen molar-refractivity contribution in [3.8, 4) is 5.75 Å². The number of amides is 1. The average Bonchev–Trinajstić information content (AvgIpc) is 3.03. The maximum absolute atomic E-state index is 13.0. The number of benzene rings is 1. The molecule has 1 aromatic rings. The summed E-state index contributed by atoms with van der Waals surface area (Å²) in [6, 6.07) is 8.65. The van der Waals surface area contributed by atoms with Crippen LogP contribution in [0.5, 0.6) is 5.75 Å². The van der Waals surface area contributed by atoms with Crippen molar-refractivity contribution >= 4 is 5.91 Å². The number of carbonyl (C=O) groups is 1. The number of hydrogen-bond acceptors (Lipinski definition) is 5. The number of carbonyl (C=O) groups excluding carboxylic acids is 1. The van der Waals surface area contributed by atoms with Gasteiger partial charge >= 0.3 is 0 Å². The summed E-state index contributed by atoms with van der Waals surface area (Å²) in [4.78, 5) is 22.4. The molecule has 0 saturated carbocycles. The predicted molar refractivity (Wildman–Crippen MR) is 129 cm³/mol. The number of ether oxygens (including phenoxy) is 1. The molecule has 178 valence electrons. The number of likely N-dealkylation sites (N-methyl/N-ethyl adjacent to an activating group) is 1. The van der Waals surface area contributed by atoms with E-state index in [9.17, 15) is 4.79 Å². The number of nitrogens with zero attached hydrogens (tertiary/aromatic N) is 4. The first-order chi connectivity index (χ1) is 15.6. The van der Waals surface area contributed by atoms with Crippen LogP contribution in [-0.2, 0) is 11.3 Å². The van der Waals surface area contributed by atoms with E-state index in [1.54, 1.807) is 0 Å². The fourth-order valence-electron chi connectivity index (χ4n) is 5.34. The molecule has 6 heteroatoms. The topological polar surface area (TPSA) is 39.3 Å². The van der Waals surface area contributed by atoms with Gasteiger partial charge in [0.25, 0.3) is 0 Å². The molecule has 0 aromatic heterocycles. The summed E-state index contributed by atoms with van der Waals surface area (Å²) >= 11 is 0. The summed E-state index contributed by atoms with van der Waals surface area (Å²) in [5.74, 6) is 1.99. The third-order valence-electron chi connectivity index (χ3n) is 7.53. The highest BCUT2D eigenvalue weighted by Gasteiger charge is 2.30. The Balaban J connectivity index is 1.21.